The van der Waals surface area contributed by atoms with Crippen molar-refractivity contribution < 1.29 is 13.9 Å². The number of hydrogen-bond acceptors (Lipinski definition) is 2. The summed E-state index contributed by atoms with van der Waals surface area (Å²) < 4.78 is 26.6. The monoisotopic (exact) mass is 336 g/mol. The van der Waals surface area contributed by atoms with Gasteiger partial charge in [-0.3, -0.25) is 0 Å². The van der Waals surface area contributed by atoms with Gasteiger partial charge in [0, 0.05) is 27.1 Å². The van der Waals surface area contributed by atoms with Gasteiger partial charge in [0.15, 0.2) is 5.79 Å². The van der Waals surface area contributed by atoms with Gasteiger partial charge in [0.2, 0.25) is 0 Å². The molecule has 2 nitrogen and oxygen atoms in total. The second-order valence-electron chi connectivity index (χ2n) is 9.17. The predicted octanol–water partition coefficient (Wildman–Crippen LogP) is 5.13. The average molecular weight is 336 g/mol. The van der Waals surface area contributed by atoms with Crippen LogP contribution < -0.4 is 0 Å². The van der Waals surface area contributed by atoms with E-state index >= 15 is 4.39 Å². The lowest BCUT2D eigenvalue weighted by Gasteiger charge is -2.57. The number of fused-ring (bicyclic) bond motifs is 5. The molecule has 0 aromatic rings. The van der Waals surface area contributed by atoms with Gasteiger partial charge in [0.25, 0.3) is 0 Å². The molecule has 0 amide bonds. The second-order valence-corrected chi connectivity index (χ2v) is 9.17. The van der Waals surface area contributed by atoms with Crippen LogP contribution in [0.2, 0.25) is 0 Å². The molecule has 4 fully saturated rings. The average Bonchev–Trinajstić information content (AvgIpc) is 2.90. The van der Waals surface area contributed by atoms with Crippen LogP contribution >= 0.6 is 0 Å². The highest BCUT2D eigenvalue weighted by Crippen LogP contribution is 2.64. The van der Waals surface area contributed by atoms with Crippen LogP contribution in [0.4, 0.5) is 4.39 Å². The highest BCUT2D eigenvalue weighted by atomic mass is 19.1. The summed E-state index contributed by atoms with van der Waals surface area (Å²) in [7, 11) is 3.41. The van der Waals surface area contributed by atoms with Crippen LogP contribution in [-0.2, 0) is 9.47 Å². The van der Waals surface area contributed by atoms with Crippen LogP contribution in [0.3, 0.4) is 0 Å². The molecule has 0 aromatic carbocycles. The molecular weight excluding hydrogens is 303 g/mol. The van der Waals surface area contributed by atoms with Gasteiger partial charge in [-0.05, 0) is 73.5 Å². The Morgan fingerprint density at radius 3 is 2.38 bits per heavy atom. The normalized spacial score (nSPS) is 50.1. The number of allylic oxidation sites excluding steroid dienone is 1. The number of halogens is 1. The van der Waals surface area contributed by atoms with E-state index in [0.29, 0.717) is 23.7 Å². The maximum absolute atomic E-state index is 15.3. The van der Waals surface area contributed by atoms with Crippen molar-refractivity contribution in [3.8, 4) is 0 Å². The van der Waals surface area contributed by atoms with Gasteiger partial charge in [-0.1, -0.05) is 19.1 Å². The van der Waals surface area contributed by atoms with Gasteiger partial charge >= 0.3 is 0 Å². The number of methoxy groups -OCH3 is 2. The van der Waals surface area contributed by atoms with Gasteiger partial charge in [-0.15, -0.1) is 0 Å². The fourth-order valence-electron chi connectivity index (χ4n) is 7.12. The fourth-order valence-corrected chi connectivity index (χ4v) is 7.12. The highest BCUT2D eigenvalue weighted by molar-refractivity contribution is 5.21. The molecule has 0 aromatic heterocycles. The molecule has 0 spiro atoms. The van der Waals surface area contributed by atoms with Crippen LogP contribution in [0.5, 0.6) is 0 Å². The van der Waals surface area contributed by atoms with E-state index in [1.165, 1.54) is 24.8 Å². The van der Waals surface area contributed by atoms with Gasteiger partial charge in [-0.2, -0.15) is 0 Å². The lowest BCUT2D eigenvalue weighted by atomic mass is 9.49. The van der Waals surface area contributed by atoms with Crippen molar-refractivity contribution in [3.05, 3.63) is 12.2 Å². The molecule has 4 aliphatic rings. The third-order valence-electron chi connectivity index (χ3n) is 8.66. The molecule has 4 rings (SSSR count). The van der Waals surface area contributed by atoms with Crippen molar-refractivity contribution in [3.63, 3.8) is 0 Å². The van der Waals surface area contributed by atoms with Crippen molar-refractivity contribution in [2.24, 2.45) is 35.0 Å². The van der Waals surface area contributed by atoms with Crippen molar-refractivity contribution in [2.45, 2.75) is 70.2 Å². The maximum atomic E-state index is 15.3. The Balaban J connectivity index is 1.58. The second kappa shape index (κ2) is 5.81. The van der Waals surface area contributed by atoms with E-state index in [-0.39, 0.29) is 11.3 Å². The zero-order valence-electron chi connectivity index (χ0n) is 15.5. The Morgan fingerprint density at radius 2 is 1.67 bits per heavy atom. The first kappa shape index (κ1) is 17.0. The van der Waals surface area contributed by atoms with Gasteiger partial charge in [0.1, 0.15) is 6.17 Å². The standard InChI is InChI=1S/C21H33FO2/c1-13-5-6-18-16-11-19(22)17-12-21(23-3,24-4)10-8-15(17)14(16)7-9-20(13,18)2/h14-19H,1,5-12H2,2-4H3/t14-,15-,16-,17+,18+,19-,20-/m1/s1. The molecule has 4 saturated carbocycles. The number of rotatable bonds is 2. The molecule has 4 aliphatic carbocycles. The van der Waals surface area contributed by atoms with E-state index < -0.39 is 12.0 Å². The van der Waals surface area contributed by atoms with Crippen LogP contribution in [0, 0.1) is 35.0 Å². The minimum absolute atomic E-state index is 0.119. The van der Waals surface area contributed by atoms with E-state index in [9.17, 15) is 0 Å². The minimum atomic E-state index is -0.697. The molecule has 0 N–H and O–H groups in total. The van der Waals surface area contributed by atoms with Crippen molar-refractivity contribution in [1.82, 2.24) is 0 Å². The molecule has 24 heavy (non-hydrogen) atoms. The van der Waals surface area contributed by atoms with Gasteiger partial charge in [-0.25, -0.2) is 4.39 Å². The van der Waals surface area contributed by atoms with E-state index in [2.05, 4.69) is 13.5 Å². The van der Waals surface area contributed by atoms with Crippen LogP contribution in [0.1, 0.15) is 58.3 Å². The van der Waals surface area contributed by atoms with Crippen molar-refractivity contribution >= 4 is 0 Å². The SMILES string of the molecule is C=C1CC[C@H]2[C@@H]3C[C@@H](F)[C@H]4CC(OC)(OC)CC[C@@H]4[C@H]3CC[C@]12C. The summed E-state index contributed by atoms with van der Waals surface area (Å²) >= 11 is 0. The fraction of sp³-hybridized carbons (Fsp3) is 0.905. The molecular formula is C21H33FO2. The molecule has 0 unspecified atom stereocenters. The first-order valence-electron chi connectivity index (χ1n) is 9.87. The van der Waals surface area contributed by atoms with Gasteiger partial charge in [0.05, 0.1) is 0 Å². The number of alkyl halides is 1. The zero-order valence-corrected chi connectivity index (χ0v) is 15.5. The van der Waals surface area contributed by atoms with Crippen molar-refractivity contribution in [2.75, 3.05) is 14.2 Å². The molecule has 0 bridgehead atoms. The number of hydrogen-bond donors (Lipinski definition) is 0. The quantitative estimate of drug-likeness (QED) is 0.514. The third-order valence-corrected chi connectivity index (χ3v) is 8.66. The largest absolute Gasteiger partial charge is 0.353 e. The maximum Gasteiger partial charge on any atom is 0.167 e. The molecule has 0 radical (unpaired) electrons. The predicted molar refractivity (Wildman–Crippen MR) is 93.3 cm³/mol. The third kappa shape index (κ3) is 2.26. The van der Waals surface area contributed by atoms with E-state index in [1.54, 1.807) is 14.2 Å². The van der Waals surface area contributed by atoms with Crippen LogP contribution in [-0.4, -0.2) is 26.2 Å². The zero-order chi connectivity index (χ0) is 17.1. The summed E-state index contributed by atoms with van der Waals surface area (Å²) in [5.74, 6) is 2.03. The summed E-state index contributed by atoms with van der Waals surface area (Å²) in [5.41, 5.74) is 1.72. The molecule has 0 aliphatic heterocycles. The Hall–Kier alpha value is -0.410. The topological polar surface area (TPSA) is 18.5 Å². The summed E-state index contributed by atoms with van der Waals surface area (Å²) in [5, 5.41) is 0. The summed E-state index contributed by atoms with van der Waals surface area (Å²) in [4.78, 5) is 0. The number of ether oxygens (including phenoxy) is 2. The minimum Gasteiger partial charge on any atom is -0.353 e. The first-order valence-corrected chi connectivity index (χ1v) is 9.87. The summed E-state index contributed by atoms with van der Waals surface area (Å²) in [6.07, 6.45) is 7.66. The lowest BCUT2D eigenvalue weighted by Crippen LogP contribution is -2.54. The van der Waals surface area contributed by atoms with Crippen LogP contribution in [0.15, 0.2) is 12.2 Å². The molecule has 0 heterocycles. The Bertz CT molecular complexity index is 514. The lowest BCUT2D eigenvalue weighted by molar-refractivity contribution is -0.252. The van der Waals surface area contributed by atoms with Gasteiger partial charge < -0.3 is 9.47 Å². The molecule has 0 saturated heterocycles. The Kier molecular flexibility index (Phi) is 4.12. The first-order chi connectivity index (χ1) is 11.4. The Labute approximate surface area is 146 Å². The summed E-state index contributed by atoms with van der Waals surface area (Å²) in [6.45, 7) is 6.77. The molecule has 3 heteroatoms. The molecule has 136 valence electrons. The summed E-state index contributed by atoms with van der Waals surface area (Å²) in [6, 6.07) is 0. The van der Waals surface area contributed by atoms with E-state index in [4.69, 9.17) is 9.47 Å². The smallest absolute Gasteiger partial charge is 0.167 e. The highest BCUT2D eigenvalue weighted by Gasteiger charge is 2.58. The van der Waals surface area contributed by atoms with E-state index in [1.807, 2.05) is 0 Å². The molecule has 7 atom stereocenters. The van der Waals surface area contributed by atoms with E-state index in [0.717, 1.165) is 32.1 Å². The Morgan fingerprint density at radius 1 is 1.00 bits per heavy atom. The van der Waals surface area contributed by atoms with Crippen LogP contribution in [0.25, 0.3) is 0 Å². The van der Waals surface area contributed by atoms with Crippen molar-refractivity contribution in [1.29, 1.82) is 0 Å².